The van der Waals surface area contributed by atoms with Crippen LogP contribution in [-0.2, 0) is 14.3 Å². The zero-order chi connectivity index (χ0) is 14.9. The number of rotatable bonds is 2. The minimum Gasteiger partial charge on any atom is -0.481 e. The molecule has 6 nitrogen and oxygen atoms in total. The molecule has 0 aliphatic carbocycles. The van der Waals surface area contributed by atoms with Gasteiger partial charge in [-0.1, -0.05) is 0 Å². The van der Waals surface area contributed by atoms with Gasteiger partial charge in [-0.25, -0.2) is 4.79 Å². The summed E-state index contributed by atoms with van der Waals surface area (Å²) in [6, 6.07) is -0.136. The number of carbonyl (C=O) groups excluding carboxylic acids is 1. The summed E-state index contributed by atoms with van der Waals surface area (Å²) in [6.45, 7) is 6.45. The van der Waals surface area contributed by atoms with Crippen LogP contribution in [0.15, 0.2) is 0 Å². The zero-order valence-corrected chi connectivity index (χ0v) is 12.3. The maximum atomic E-state index is 12.3. The van der Waals surface area contributed by atoms with Crippen LogP contribution >= 0.6 is 0 Å². The maximum Gasteiger partial charge on any atom is 0.410 e. The van der Waals surface area contributed by atoms with Gasteiger partial charge in [0.1, 0.15) is 5.60 Å². The highest BCUT2D eigenvalue weighted by atomic mass is 16.6. The molecule has 2 saturated heterocycles. The van der Waals surface area contributed by atoms with E-state index in [4.69, 9.17) is 14.6 Å². The van der Waals surface area contributed by atoms with Gasteiger partial charge in [0, 0.05) is 6.42 Å². The second-order valence-corrected chi connectivity index (χ2v) is 6.67. The molecule has 0 aromatic carbocycles. The van der Waals surface area contributed by atoms with Crippen molar-refractivity contribution in [2.24, 2.45) is 5.92 Å². The van der Waals surface area contributed by atoms with Crippen LogP contribution in [0.5, 0.6) is 0 Å². The highest BCUT2D eigenvalue weighted by Gasteiger charge is 2.43. The number of carboxylic acids is 1. The van der Waals surface area contributed by atoms with Gasteiger partial charge in [0.25, 0.3) is 0 Å². The molecule has 0 spiro atoms. The van der Waals surface area contributed by atoms with E-state index < -0.39 is 11.6 Å². The van der Waals surface area contributed by atoms with Crippen LogP contribution in [-0.4, -0.2) is 53.0 Å². The summed E-state index contributed by atoms with van der Waals surface area (Å²) < 4.78 is 10.9. The quantitative estimate of drug-likeness (QED) is 0.838. The second-order valence-electron chi connectivity index (χ2n) is 6.67. The van der Waals surface area contributed by atoms with E-state index in [2.05, 4.69) is 0 Å². The molecule has 2 heterocycles. The fourth-order valence-electron chi connectivity index (χ4n) is 3.05. The molecule has 0 aromatic heterocycles. The van der Waals surface area contributed by atoms with Gasteiger partial charge in [0.2, 0.25) is 0 Å². The van der Waals surface area contributed by atoms with Crippen molar-refractivity contribution in [2.45, 2.75) is 57.7 Å². The van der Waals surface area contributed by atoms with Gasteiger partial charge in [-0.2, -0.15) is 0 Å². The van der Waals surface area contributed by atoms with E-state index in [0.29, 0.717) is 26.1 Å². The Balaban J connectivity index is 2.05. The first-order valence-electron chi connectivity index (χ1n) is 7.07. The molecule has 1 N–H and O–H groups in total. The van der Waals surface area contributed by atoms with E-state index in [0.717, 1.165) is 0 Å². The number of hydrogen-bond acceptors (Lipinski definition) is 4. The van der Waals surface area contributed by atoms with E-state index in [1.165, 1.54) is 0 Å². The van der Waals surface area contributed by atoms with Crippen molar-refractivity contribution >= 4 is 12.1 Å². The van der Waals surface area contributed by atoms with Crippen LogP contribution in [0.3, 0.4) is 0 Å². The Kier molecular flexibility index (Phi) is 4.22. The van der Waals surface area contributed by atoms with Crippen molar-refractivity contribution in [2.75, 3.05) is 13.2 Å². The van der Waals surface area contributed by atoms with Gasteiger partial charge < -0.3 is 14.6 Å². The van der Waals surface area contributed by atoms with E-state index in [9.17, 15) is 9.59 Å². The average Bonchev–Trinajstić information content (AvgIpc) is 2.24. The first-order valence-corrected chi connectivity index (χ1v) is 7.07. The van der Waals surface area contributed by atoms with E-state index in [-0.39, 0.29) is 30.5 Å². The smallest absolute Gasteiger partial charge is 0.410 e. The summed E-state index contributed by atoms with van der Waals surface area (Å²) >= 11 is 0. The Morgan fingerprint density at radius 1 is 1.25 bits per heavy atom. The molecule has 2 bridgehead atoms. The van der Waals surface area contributed by atoms with Crippen LogP contribution in [0.25, 0.3) is 0 Å². The van der Waals surface area contributed by atoms with Crippen molar-refractivity contribution in [1.29, 1.82) is 0 Å². The molecule has 3 atom stereocenters. The normalized spacial score (nSPS) is 29.9. The van der Waals surface area contributed by atoms with Crippen LogP contribution in [0.4, 0.5) is 4.79 Å². The number of hydrogen-bond donors (Lipinski definition) is 1. The van der Waals surface area contributed by atoms with Gasteiger partial charge in [-0.15, -0.1) is 0 Å². The van der Waals surface area contributed by atoms with Crippen molar-refractivity contribution in [3.05, 3.63) is 0 Å². The van der Waals surface area contributed by atoms with Crippen molar-refractivity contribution < 1.29 is 24.2 Å². The number of nitrogens with zero attached hydrogens (tertiary/aromatic N) is 1. The largest absolute Gasteiger partial charge is 0.481 e. The average molecular weight is 285 g/mol. The Bertz CT molecular complexity index is 376. The molecule has 20 heavy (non-hydrogen) atoms. The summed E-state index contributed by atoms with van der Waals surface area (Å²) in [6.07, 6.45) is 1.18. The number of aliphatic carboxylic acids is 1. The monoisotopic (exact) mass is 285 g/mol. The van der Waals surface area contributed by atoms with Gasteiger partial charge in [0.05, 0.1) is 25.3 Å². The molecule has 114 valence electrons. The minimum absolute atomic E-state index is 0.0679. The first-order chi connectivity index (χ1) is 9.26. The summed E-state index contributed by atoms with van der Waals surface area (Å²) in [5.74, 6) is -0.662. The molecule has 2 aliphatic heterocycles. The van der Waals surface area contributed by atoms with Crippen LogP contribution in [0.2, 0.25) is 0 Å². The Hall–Kier alpha value is -1.30. The van der Waals surface area contributed by atoms with Crippen molar-refractivity contribution in [3.8, 4) is 0 Å². The Morgan fingerprint density at radius 2 is 1.80 bits per heavy atom. The topological polar surface area (TPSA) is 76.1 Å². The molecular formula is C14H23NO5. The molecule has 1 unspecified atom stereocenters. The lowest BCUT2D eigenvalue weighted by Crippen LogP contribution is -2.60. The maximum absolute atomic E-state index is 12.3. The SMILES string of the molecule is CC(C)(C)OC(=O)N1[C@@H]2COC[C@H]1CC(CC(=O)O)C2. The van der Waals surface area contributed by atoms with Gasteiger partial charge in [-0.05, 0) is 39.5 Å². The van der Waals surface area contributed by atoms with E-state index in [1.807, 2.05) is 20.8 Å². The van der Waals surface area contributed by atoms with Gasteiger partial charge >= 0.3 is 12.1 Å². The Labute approximate surface area is 119 Å². The number of carboxylic acid groups (broad SMARTS) is 1. The van der Waals surface area contributed by atoms with Crippen LogP contribution in [0, 0.1) is 5.92 Å². The second kappa shape index (κ2) is 5.60. The van der Waals surface area contributed by atoms with Crippen molar-refractivity contribution in [3.63, 3.8) is 0 Å². The van der Waals surface area contributed by atoms with E-state index >= 15 is 0 Å². The molecular weight excluding hydrogens is 262 g/mol. The molecule has 2 aliphatic rings. The predicted molar refractivity (Wildman–Crippen MR) is 71.4 cm³/mol. The Morgan fingerprint density at radius 3 is 2.25 bits per heavy atom. The fraction of sp³-hybridized carbons (Fsp3) is 0.857. The lowest BCUT2D eigenvalue weighted by atomic mass is 9.83. The predicted octanol–water partition coefficient (Wildman–Crippen LogP) is 1.88. The lowest BCUT2D eigenvalue weighted by Gasteiger charge is -2.48. The lowest BCUT2D eigenvalue weighted by molar-refractivity contribution is -0.140. The molecule has 2 fully saturated rings. The summed E-state index contributed by atoms with van der Waals surface area (Å²) in [5, 5.41) is 8.92. The summed E-state index contributed by atoms with van der Waals surface area (Å²) in [7, 11) is 0. The van der Waals surface area contributed by atoms with E-state index in [1.54, 1.807) is 4.90 Å². The summed E-state index contributed by atoms with van der Waals surface area (Å²) in [4.78, 5) is 24.9. The number of piperidine rings is 1. The number of ether oxygens (including phenoxy) is 2. The van der Waals surface area contributed by atoms with Gasteiger partial charge in [-0.3, -0.25) is 9.69 Å². The molecule has 6 heteroatoms. The molecule has 0 radical (unpaired) electrons. The molecule has 0 saturated carbocycles. The number of morpholine rings is 1. The summed E-state index contributed by atoms with van der Waals surface area (Å²) in [5.41, 5.74) is -0.524. The van der Waals surface area contributed by atoms with Crippen LogP contribution < -0.4 is 0 Å². The third-order valence-electron chi connectivity index (χ3n) is 3.69. The highest BCUT2D eigenvalue weighted by molar-refractivity contribution is 5.70. The van der Waals surface area contributed by atoms with Crippen molar-refractivity contribution in [1.82, 2.24) is 4.90 Å². The number of carbonyl (C=O) groups is 2. The first kappa shape index (κ1) is 15.1. The number of amides is 1. The van der Waals surface area contributed by atoms with Gasteiger partial charge in [0.15, 0.2) is 0 Å². The van der Waals surface area contributed by atoms with Crippen LogP contribution in [0.1, 0.15) is 40.0 Å². The minimum atomic E-state index is -0.778. The molecule has 2 rings (SSSR count). The fourth-order valence-corrected chi connectivity index (χ4v) is 3.05. The zero-order valence-electron chi connectivity index (χ0n) is 12.3. The molecule has 0 aromatic rings. The number of fused-ring (bicyclic) bond motifs is 2. The third-order valence-corrected chi connectivity index (χ3v) is 3.69. The molecule has 1 amide bonds. The highest BCUT2D eigenvalue weighted by Crippen LogP contribution is 2.34. The standard InChI is InChI=1S/C14H23NO5/c1-14(2,3)20-13(18)15-10-4-9(6-12(16)17)5-11(15)8-19-7-10/h9-11H,4-8H2,1-3H3,(H,16,17)/t9?,10-,11+. The third kappa shape index (κ3) is 3.62.